The number of nitrogens with one attached hydrogen (secondary N) is 2. The predicted molar refractivity (Wildman–Crippen MR) is 71.0 cm³/mol. The van der Waals surface area contributed by atoms with Gasteiger partial charge < -0.3 is 5.32 Å². The SMILES string of the molecule is CNc1ncccc1S(=O)(=O)Nc1ccc(F)cc1F. The van der Waals surface area contributed by atoms with Gasteiger partial charge in [0.25, 0.3) is 10.0 Å². The molecule has 0 radical (unpaired) electrons. The number of rotatable bonds is 4. The highest BCUT2D eigenvalue weighted by Gasteiger charge is 2.20. The molecule has 0 fully saturated rings. The lowest BCUT2D eigenvalue weighted by atomic mass is 10.3. The van der Waals surface area contributed by atoms with Crippen LogP contribution in [-0.2, 0) is 10.0 Å². The zero-order chi connectivity index (χ0) is 14.8. The second-order valence-corrected chi connectivity index (χ2v) is 5.48. The van der Waals surface area contributed by atoms with Crippen LogP contribution in [0.3, 0.4) is 0 Å². The van der Waals surface area contributed by atoms with Crippen LogP contribution in [0.2, 0.25) is 0 Å². The molecular formula is C12H11F2N3O2S. The fourth-order valence-corrected chi connectivity index (χ4v) is 2.80. The molecule has 0 aliphatic rings. The van der Waals surface area contributed by atoms with Gasteiger partial charge in [0.15, 0.2) is 0 Å². The summed E-state index contributed by atoms with van der Waals surface area (Å²) in [6.45, 7) is 0. The average molecular weight is 299 g/mol. The molecule has 2 rings (SSSR count). The Hall–Kier alpha value is -2.22. The molecule has 20 heavy (non-hydrogen) atoms. The van der Waals surface area contributed by atoms with Crippen LogP contribution in [0.1, 0.15) is 0 Å². The van der Waals surface area contributed by atoms with E-state index in [2.05, 4.69) is 15.0 Å². The van der Waals surface area contributed by atoms with E-state index in [0.717, 1.165) is 12.1 Å². The van der Waals surface area contributed by atoms with Crippen molar-refractivity contribution in [3.8, 4) is 0 Å². The highest BCUT2D eigenvalue weighted by atomic mass is 32.2. The Morgan fingerprint density at radius 1 is 1.20 bits per heavy atom. The quantitative estimate of drug-likeness (QED) is 0.908. The summed E-state index contributed by atoms with van der Waals surface area (Å²) in [5.41, 5.74) is -0.336. The molecule has 0 atom stereocenters. The molecule has 0 aliphatic heterocycles. The largest absolute Gasteiger partial charge is 0.372 e. The zero-order valence-electron chi connectivity index (χ0n) is 10.4. The predicted octanol–water partition coefficient (Wildman–Crippen LogP) is 2.20. The summed E-state index contributed by atoms with van der Waals surface area (Å²) in [4.78, 5) is 3.72. The van der Waals surface area contributed by atoms with E-state index in [1.807, 2.05) is 0 Å². The van der Waals surface area contributed by atoms with Crippen molar-refractivity contribution < 1.29 is 17.2 Å². The molecule has 0 saturated heterocycles. The number of hydrogen-bond acceptors (Lipinski definition) is 4. The summed E-state index contributed by atoms with van der Waals surface area (Å²) in [5.74, 6) is -1.66. The first-order chi connectivity index (χ1) is 9.44. The Kier molecular flexibility index (Phi) is 3.84. The number of hydrogen-bond donors (Lipinski definition) is 2. The van der Waals surface area contributed by atoms with E-state index in [9.17, 15) is 17.2 Å². The van der Waals surface area contributed by atoms with Crippen molar-refractivity contribution in [1.82, 2.24) is 4.98 Å². The minimum atomic E-state index is -4.03. The molecule has 0 unspecified atom stereocenters. The minimum Gasteiger partial charge on any atom is -0.372 e. The summed E-state index contributed by atoms with van der Waals surface area (Å²) < 4.78 is 52.7. The smallest absolute Gasteiger partial charge is 0.265 e. The van der Waals surface area contributed by atoms with Crippen molar-refractivity contribution in [3.63, 3.8) is 0 Å². The lowest BCUT2D eigenvalue weighted by Gasteiger charge is -2.11. The average Bonchev–Trinajstić information content (AvgIpc) is 2.42. The van der Waals surface area contributed by atoms with Crippen LogP contribution in [0, 0.1) is 11.6 Å². The number of aromatic nitrogens is 1. The maximum Gasteiger partial charge on any atom is 0.265 e. The first kappa shape index (κ1) is 14.2. The van der Waals surface area contributed by atoms with E-state index in [1.54, 1.807) is 0 Å². The van der Waals surface area contributed by atoms with Crippen molar-refractivity contribution in [2.45, 2.75) is 4.90 Å². The number of pyridine rings is 1. The van der Waals surface area contributed by atoms with E-state index in [4.69, 9.17) is 0 Å². The van der Waals surface area contributed by atoms with Gasteiger partial charge in [-0.15, -0.1) is 0 Å². The van der Waals surface area contributed by atoms with Crippen LogP contribution in [0.15, 0.2) is 41.4 Å². The molecule has 5 nitrogen and oxygen atoms in total. The van der Waals surface area contributed by atoms with E-state index in [-0.39, 0.29) is 16.4 Å². The van der Waals surface area contributed by atoms with Crippen LogP contribution in [0.4, 0.5) is 20.3 Å². The van der Waals surface area contributed by atoms with Gasteiger partial charge in [-0.1, -0.05) is 0 Å². The Balaban J connectivity index is 2.41. The molecule has 1 heterocycles. The highest BCUT2D eigenvalue weighted by Crippen LogP contribution is 2.23. The fourth-order valence-electron chi connectivity index (χ4n) is 1.57. The number of anilines is 2. The minimum absolute atomic E-state index is 0.127. The van der Waals surface area contributed by atoms with Gasteiger partial charge in [0.1, 0.15) is 22.3 Å². The van der Waals surface area contributed by atoms with Gasteiger partial charge in [-0.05, 0) is 24.3 Å². The van der Waals surface area contributed by atoms with E-state index in [1.165, 1.54) is 25.4 Å². The molecule has 8 heteroatoms. The number of nitrogens with zero attached hydrogens (tertiary/aromatic N) is 1. The second-order valence-electron chi connectivity index (χ2n) is 3.83. The van der Waals surface area contributed by atoms with Crippen LogP contribution >= 0.6 is 0 Å². The first-order valence-electron chi connectivity index (χ1n) is 5.54. The molecule has 2 N–H and O–H groups in total. The zero-order valence-corrected chi connectivity index (χ0v) is 11.2. The Morgan fingerprint density at radius 2 is 1.95 bits per heavy atom. The molecule has 1 aromatic carbocycles. The molecular weight excluding hydrogens is 288 g/mol. The summed E-state index contributed by atoms with van der Waals surface area (Å²) in [5, 5.41) is 2.63. The highest BCUT2D eigenvalue weighted by molar-refractivity contribution is 7.92. The molecule has 0 amide bonds. The molecule has 0 aliphatic carbocycles. The maximum absolute atomic E-state index is 13.5. The maximum atomic E-state index is 13.5. The van der Waals surface area contributed by atoms with E-state index in [0.29, 0.717) is 6.07 Å². The summed E-state index contributed by atoms with van der Waals surface area (Å²) in [6.07, 6.45) is 1.42. The molecule has 2 aromatic rings. The van der Waals surface area contributed by atoms with Gasteiger partial charge in [0.2, 0.25) is 0 Å². The standard InChI is InChI=1S/C12H11F2N3O2S/c1-15-12-11(3-2-6-16-12)20(18,19)17-10-5-4-8(13)7-9(10)14/h2-7,17H,1H3,(H,15,16). The van der Waals surface area contributed by atoms with Crippen LogP contribution < -0.4 is 10.0 Å². The number of sulfonamides is 1. The number of benzene rings is 1. The van der Waals surface area contributed by atoms with Gasteiger partial charge >= 0.3 is 0 Å². The normalized spacial score (nSPS) is 11.2. The fraction of sp³-hybridized carbons (Fsp3) is 0.0833. The monoisotopic (exact) mass is 299 g/mol. The van der Waals surface area contributed by atoms with Gasteiger partial charge in [0.05, 0.1) is 5.69 Å². The molecule has 0 saturated carbocycles. The molecule has 1 aromatic heterocycles. The van der Waals surface area contributed by atoms with E-state index >= 15 is 0 Å². The third-order valence-electron chi connectivity index (χ3n) is 2.47. The van der Waals surface area contributed by atoms with Crippen LogP contribution in [0.25, 0.3) is 0 Å². The third-order valence-corrected chi connectivity index (χ3v) is 3.87. The van der Waals surface area contributed by atoms with Crippen molar-refractivity contribution in [2.75, 3.05) is 17.1 Å². The van der Waals surface area contributed by atoms with Crippen molar-refractivity contribution >= 4 is 21.5 Å². The Bertz CT molecular complexity index is 735. The summed E-state index contributed by atoms with van der Waals surface area (Å²) >= 11 is 0. The third kappa shape index (κ3) is 2.85. The first-order valence-corrected chi connectivity index (χ1v) is 7.03. The molecule has 0 spiro atoms. The van der Waals surface area contributed by atoms with Gasteiger partial charge in [0, 0.05) is 19.3 Å². The summed E-state index contributed by atoms with van der Waals surface area (Å²) in [6, 6.07) is 5.33. The molecule has 0 bridgehead atoms. The van der Waals surface area contributed by atoms with Crippen LogP contribution in [0.5, 0.6) is 0 Å². The van der Waals surface area contributed by atoms with Crippen molar-refractivity contribution in [2.24, 2.45) is 0 Å². The Labute approximate surface area is 114 Å². The van der Waals surface area contributed by atoms with Gasteiger partial charge in [-0.2, -0.15) is 0 Å². The van der Waals surface area contributed by atoms with Gasteiger partial charge in [-0.25, -0.2) is 22.2 Å². The lowest BCUT2D eigenvalue weighted by Crippen LogP contribution is -2.16. The van der Waals surface area contributed by atoms with Crippen LogP contribution in [-0.4, -0.2) is 20.4 Å². The lowest BCUT2D eigenvalue weighted by molar-refractivity contribution is 0.583. The van der Waals surface area contributed by atoms with E-state index < -0.39 is 21.7 Å². The molecule has 106 valence electrons. The Morgan fingerprint density at radius 3 is 2.60 bits per heavy atom. The topological polar surface area (TPSA) is 71.1 Å². The second kappa shape index (κ2) is 5.41. The van der Waals surface area contributed by atoms with Crippen molar-refractivity contribution in [1.29, 1.82) is 0 Å². The summed E-state index contributed by atoms with van der Waals surface area (Å²) in [7, 11) is -2.52. The number of halogens is 2. The van der Waals surface area contributed by atoms with Crippen molar-refractivity contribution in [3.05, 3.63) is 48.2 Å². The van der Waals surface area contributed by atoms with Gasteiger partial charge in [-0.3, -0.25) is 4.72 Å².